The van der Waals surface area contributed by atoms with Gasteiger partial charge in [0, 0.05) is 18.8 Å². The maximum atomic E-state index is 11.1. The van der Waals surface area contributed by atoms with E-state index in [0.717, 1.165) is 5.56 Å². The first kappa shape index (κ1) is 13.5. The first-order valence-electron chi connectivity index (χ1n) is 5.74. The molecule has 0 spiro atoms. The lowest BCUT2D eigenvalue weighted by Crippen LogP contribution is -2.20. The number of nitrogens with one attached hydrogen (secondary N) is 1. The van der Waals surface area contributed by atoms with E-state index in [4.69, 9.17) is 9.84 Å². The molecule has 4 nitrogen and oxygen atoms in total. The predicted molar refractivity (Wildman–Crippen MR) is 67.7 cm³/mol. The zero-order valence-electron chi connectivity index (χ0n) is 10.5. The van der Waals surface area contributed by atoms with Gasteiger partial charge in [0.15, 0.2) is 0 Å². The summed E-state index contributed by atoms with van der Waals surface area (Å²) in [5.74, 6) is -0.916. The Bertz CT molecular complexity index is 390. The monoisotopic (exact) mass is 237 g/mol. The number of carboxylic acids is 1. The lowest BCUT2D eigenvalue weighted by atomic mass is 10.1. The summed E-state index contributed by atoms with van der Waals surface area (Å²) in [6.07, 6.45) is 0.0583. The van der Waals surface area contributed by atoms with Crippen LogP contribution in [0.15, 0.2) is 18.2 Å². The quantitative estimate of drug-likeness (QED) is 0.798. The summed E-state index contributed by atoms with van der Waals surface area (Å²) in [7, 11) is 0. The minimum absolute atomic E-state index is 0.0583. The molecule has 0 saturated heterocycles. The lowest BCUT2D eigenvalue weighted by molar-refractivity contribution is 0.0696. The van der Waals surface area contributed by atoms with Crippen molar-refractivity contribution in [1.82, 2.24) is 0 Å². The fourth-order valence-corrected chi connectivity index (χ4v) is 1.59. The molecule has 1 unspecified atom stereocenters. The van der Waals surface area contributed by atoms with Crippen LogP contribution in [0.5, 0.6) is 0 Å². The van der Waals surface area contributed by atoms with Crippen LogP contribution in [-0.2, 0) is 4.74 Å². The fraction of sp³-hybridized carbons (Fsp3) is 0.462. The van der Waals surface area contributed by atoms with Gasteiger partial charge in [0.1, 0.15) is 0 Å². The number of hydrogen-bond donors (Lipinski definition) is 2. The zero-order valence-corrected chi connectivity index (χ0v) is 10.5. The lowest BCUT2D eigenvalue weighted by Gasteiger charge is -2.15. The molecule has 2 N–H and O–H groups in total. The van der Waals surface area contributed by atoms with Crippen LogP contribution in [0.4, 0.5) is 5.69 Å². The second-order valence-corrected chi connectivity index (χ2v) is 4.00. The van der Waals surface area contributed by atoms with E-state index in [0.29, 0.717) is 24.4 Å². The van der Waals surface area contributed by atoms with Crippen LogP contribution in [0.25, 0.3) is 0 Å². The van der Waals surface area contributed by atoms with Crippen LogP contribution in [0.3, 0.4) is 0 Å². The Morgan fingerprint density at radius 1 is 1.53 bits per heavy atom. The van der Waals surface area contributed by atoms with Crippen molar-refractivity contribution in [3.63, 3.8) is 0 Å². The first-order chi connectivity index (χ1) is 8.04. The number of aryl methyl sites for hydroxylation is 1. The first-order valence-corrected chi connectivity index (χ1v) is 5.74. The smallest absolute Gasteiger partial charge is 0.337 e. The normalized spacial score (nSPS) is 12.2. The Hall–Kier alpha value is -1.55. The zero-order chi connectivity index (χ0) is 12.8. The topological polar surface area (TPSA) is 58.6 Å². The highest BCUT2D eigenvalue weighted by Crippen LogP contribution is 2.17. The number of ether oxygens (including phenoxy) is 1. The van der Waals surface area contributed by atoms with E-state index < -0.39 is 5.97 Å². The van der Waals surface area contributed by atoms with Gasteiger partial charge in [-0.15, -0.1) is 0 Å². The van der Waals surface area contributed by atoms with Crippen molar-refractivity contribution in [3.05, 3.63) is 29.3 Å². The van der Waals surface area contributed by atoms with Gasteiger partial charge >= 0.3 is 5.97 Å². The molecule has 94 valence electrons. The molecule has 0 saturated carbocycles. The second kappa shape index (κ2) is 6.25. The molecule has 1 rings (SSSR count). The number of aromatic carboxylic acids is 1. The van der Waals surface area contributed by atoms with Crippen LogP contribution in [0, 0.1) is 6.92 Å². The van der Waals surface area contributed by atoms with Gasteiger partial charge in [0.25, 0.3) is 0 Å². The van der Waals surface area contributed by atoms with E-state index in [2.05, 4.69) is 5.32 Å². The van der Waals surface area contributed by atoms with Crippen molar-refractivity contribution in [2.24, 2.45) is 0 Å². The molecule has 0 bridgehead atoms. The Balaban J connectivity index is 2.73. The number of anilines is 1. The maximum absolute atomic E-state index is 11.1. The molecule has 0 amide bonds. The molecular formula is C13H19NO3. The number of benzene rings is 1. The summed E-state index contributed by atoms with van der Waals surface area (Å²) in [5.41, 5.74) is 1.87. The minimum Gasteiger partial charge on any atom is -0.478 e. The standard InChI is InChI=1S/C13H19NO3/c1-4-17-10(3)8-14-12-6-5-9(2)7-11(12)13(15)16/h5-7,10,14H,4,8H2,1-3H3,(H,15,16). The Morgan fingerprint density at radius 3 is 2.82 bits per heavy atom. The summed E-state index contributed by atoms with van der Waals surface area (Å²) in [6.45, 7) is 7.01. The van der Waals surface area contributed by atoms with Crippen LogP contribution in [0.2, 0.25) is 0 Å². The maximum Gasteiger partial charge on any atom is 0.337 e. The molecule has 1 atom stereocenters. The molecule has 0 aliphatic heterocycles. The highest BCUT2D eigenvalue weighted by atomic mass is 16.5. The van der Waals surface area contributed by atoms with Crippen molar-refractivity contribution < 1.29 is 14.6 Å². The van der Waals surface area contributed by atoms with Crippen molar-refractivity contribution in [3.8, 4) is 0 Å². The van der Waals surface area contributed by atoms with Crippen molar-refractivity contribution in [2.45, 2.75) is 26.9 Å². The summed E-state index contributed by atoms with van der Waals surface area (Å²) in [4.78, 5) is 11.1. The number of hydrogen-bond acceptors (Lipinski definition) is 3. The molecule has 4 heteroatoms. The van der Waals surface area contributed by atoms with Gasteiger partial charge in [-0.05, 0) is 32.9 Å². The van der Waals surface area contributed by atoms with Crippen LogP contribution in [-0.4, -0.2) is 30.3 Å². The van der Waals surface area contributed by atoms with Gasteiger partial charge in [0.05, 0.1) is 11.7 Å². The molecule has 0 aliphatic carbocycles. The van der Waals surface area contributed by atoms with Crippen LogP contribution < -0.4 is 5.32 Å². The number of rotatable bonds is 6. The highest BCUT2D eigenvalue weighted by Gasteiger charge is 2.10. The molecule has 1 aromatic carbocycles. The van der Waals surface area contributed by atoms with E-state index in [-0.39, 0.29) is 6.10 Å². The Labute approximate surface area is 102 Å². The largest absolute Gasteiger partial charge is 0.478 e. The average Bonchev–Trinajstić information content (AvgIpc) is 2.27. The summed E-state index contributed by atoms with van der Waals surface area (Å²) >= 11 is 0. The Kier molecular flexibility index (Phi) is 4.97. The third-order valence-corrected chi connectivity index (χ3v) is 2.44. The van der Waals surface area contributed by atoms with Crippen molar-refractivity contribution in [2.75, 3.05) is 18.5 Å². The molecule has 1 aromatic rings. The van der Waals surface area contributed by atoms with Gasteiger partial charge in [-0.25, -0.2) is 4.79 Å². The third kappa shape index (κ3) is 4.07. The van der Waals surface area contributed by atoms with E-state index in [9.17, 15) is 4.79 Å². The average molecular weight is 237 g/mol. The van der Waals surface area contributed by atoms with E-state index >= 15 is 0 Å². The SMILES string of the molecule is CCOC(C)CNc1ccc(C)cc1C(=O)O. The highest BCUT2D eigenvalue weighted by molar-refractivity contribution is 5.94. The fourth-order valence-electron chi connectivity index (χ4n) is 1.59. The number of carboxylic acid groups (broad SMARTS) is 1. The molecule has 0 heterocycles. The summed E-state index contributed by atoms with van der Waals surface area (Å²) < 4.78 is 5.38. The van der Waals surface area contributed by atoms with E-state index in [1.165, 1.54) is 0 Å². The molecule has 17 heavy (non-hydrogen) atoms. The Morgan fingerprint density at radius 2 is 2.24 bits per heavy atom. The van der Waals surface area contributed by atoms with Crippen molar-refractivity contribution >= 4 is 11.7 Å². The molecule has 0 radical (unpaired) electrons. The molecule has 0 fully saturated rings. The van der Waals surface area contributed by atoms with Gasteiger partial charge in [-0.2, -0.15) is 0 Å². The second-order valence-electron chi connectivity index (χ2n) is 4.00. The van der Waals surface area contributed by atoms with Crippen LogP contribution in [0.1, 0.15) is 29.8 Å². The third-order valence-electron chi connectivity index (χ3n) is 2.44. The summed E-state index contributed by atoms with van der Waals surface area (Å²) in [5, 5.41) is 12.2. The predicted octanol–water partition coefficient (Wildman–Crippen LogP) is 2.53. The minimum atomic E-state index is -0.916. The van der Waals surface area contributed by atoms with Gasteiger partial charge in [-0.3, -0.25) is 0 Å². The molecular weight excluding hydrogens is 218 g/mol. The molecule has 0 aromatic heterocycles. The molecule has 0 aliphatic rings. The summed E-state index contributed by atoms with van der Waals surface area (Å²) in [6, 6.07) is 5.34. The van der Waals surface area contributed by atoms with Crippen LogP contribution >= 0.6 is 0 Å². The van der Waals surface area contributed by atoms with E-state index in [1.54, 1.807) is 12.1 Å². The van der Waals surface area contributed by atoms with Gasteiger partial charge < -0.3 is 15.2 Å². The van der Waals surface area contributed by atoms with Gasteiger partial charge in [0.2, 0.25) is 0 Å². The number of carbonyl (C=O) groups is 1. The van der Waals surface area contributed by atoms with Crippen molar-refractivity contribution in [1.29, 1.82) is 0 Å². The van der Waals surface area contributed by atoms with E-state index in [1.807, 2.05) is 26.8 Å². The van der Waals surface area contributed by atoms with Gasteiger partial charge in [-0.1, -0.05) is 11.6 Å².